The van der Waals surface area contributed by atoms with Crippen LogP contribution in [0.5, 0.6) is 11.5 Å². The molecule has 5 heteroatoms. The van der Waals surface area contributed by atoms with Crippen LogP contribution in [0.1, 0.15) is 50.0 Å². The summed E-state index contributed by atoms with van der Waals surface area (Å²) in [7, 11) is 0. The van der Waals surface area contributed by atoms with Gasteiger partial charge in [0.05, 0.1) is 12.3 Å². The summed E-state index contributed by atoms with van der Waals surface area (Å²) in [5.41, 5.74) is 2.17. The fourth-order valence-electron chi connectivity index (χ4n) is 4.19. The Hall–Kier alpha value is -1.30. The second kappa shape index (κ2) is 5.41. The molecule has 1 saturated heterocycles. The molecular formula is C17H24N2O3. The molecule has 3 unspecified atom stereocenters. The molecule has 3 aliphatic rings. The molecule has 0 aliphatic carbocycles. The lowest BCUT2D eigenvalue weighted by Gasteiger charge is -2.44. The van der Waals surface area contributed by atoms with Gasteiger partial charge in [0.25, 0.3) is 0 Å². The van der Waals surface area contributed by atoms with Crippen molar-refractivity contribution in [2.45, 2.75) is 45.0 Å². The number of hydrogen-bond donors (Lipinski definition) is 1. The lowest BCUT2D eigenvalue weighted by molar-refractivity contribution is -0.00703. The number of aliphatic hydroxyl groups is 1. The van der Waals surface area contributed by atoms with Gasteiger partial charge in [0, 0.05) is 12.6 Å². The number of fused-ring (bicyclic) bond motifs is 2. The fourth-order valence-corrected chi connectivity index (χ4v) is 4.19. The molecule has 0 spiro atoms. The van der Waals surface area contributed by atoms with Gasteiger partial charge in [-0.1, -0.05) is 6.92 Å². The van der Waals surface area contributed by atoms with Crippen molar-refractivity contribution >= 4 is 0 Å². The molecule has 3 atom stereocenters. The minimum Gasteiger partial charge on any atom is -0.454 e. The van der Waals surface area contributed by atoms with Crippen molar-refractivity contribution in [3.05, 3.63) is 23.3 Å². The van der Waals surface area contributed by atoms with E-state index in [1.807, 2.05) is 6.07 Å². The van der Waals surface area contributed by atoms with Gasteiger partial charge in [-0.05, 0) is 56.1 Å². The largest absolute Gasteiger partial charge is 0.454 e. The summed E-state index contributed by atoms with van der Waals surface area (Å²) in [5, 5.41) is 10.6. The highest BCUT2D eigenvalue weighted by atomic mass is 16.7. The van der Waals surface area contributed by atoms with Crippen molar-refractivity contribution < 1.29 is 14.6 Å². The third-order valence-electron chi connectivity index (χ3n) is 5.39. The molecule has 22 heavy (non-hydrogen) atoms. The van der Waals surface area contributed by atoms with Gasteiger partial charge in [0.1, 0.15) is 0 Å². The molecule has 1 fully saturated rings. The van der Waals surface area contributed by atoms with Crippen LogP contribution in [0, 0.1) is 0 Å². The maximum Gasteiger partial charge on any atom is 0.231 e. The van der Waals surface area contributed by atoms with Gasteiger partial charge in [-0.3, -0.25) is 9.80 Å². The number of aliphatic hydroxyl groups excluding tert-OH is 1. The molecule has 1 aromatic rings. The second-order valence-electron chi connectivity index (χ2n) is 6.47. The summed E-state index contributed by atoms with van der Waals surface area (Å²) in [6.07, 6.45) is 2.41. The van der Waals surface area contributed by atoms with Crippen molar-refractivity contribution in [2.75, 3.05) is 26.4 Å². The van der Waals surface area contributed by atoms with Crippen LogP contribution < -0.4 is 9.47 Å². The summed E-state index contributed by atoms with van der Waals surface area (Å²) in [6.45, 7) is 7.65. The Morgan fingerprint density at radius 1 is 1.23 bits per heavy atom. The normalized spacial score (nSPS) is 31.5. The summed E-state index contributed by atoms with van der Waals surface area (Å²) >= 11 is 0. The zero-order valence-electron chi connectivity index (χ0n) is 13.3. The molecule has 1 N–H and O–H groups in total. The highest BCUT2D eigenvalue weighted by Gasteiger charge is 2.38. The number of ether oxygens (including phenoxy) is 2. The predicted molar refractivity (Wildman–Crippen MR) is 82.9 cm³/mol. The second-order valence-corrected chi connectivity index (χ2v) is 6.47. The van der Waals surface area contributed by atoms with E-state index in [1.165, 1.54) is 18.4 Å². The molecule has 1 aromatic carbocycles. The lowest BCUT2D eigenvalue weighted by Crippen LogP contribution is -2.49. The topological polar surface area (TPSA) is 45.2 Å². The van der Waals surface area contributed by atoms with Gasteiger partial charge in [0.15, 0.2) is 11.5 Å². The lowest BCUT2D eigenvalue weighted by atomic mass is 9.90. The van der Waals surface area contributed by atoms with E-state index in [4.69, 9.17) is 9.47 Å². The van der Waals surface area contributed by atoms with E-state index in [1.54, 1.807) is 0 Å². The summed E-state index contributed by atoms with van der Waals surface area (Å²) < 4.78 is 11.0. The number of hydrogen-bond acceptors (Lipinski definition) is 5. The van der Waals surface area contributed by atoms with Crippen LogP contribution in [0.15, 0.2) is 12.1 Å². The minimum absolute atomic E-state index is 0.276. The van der Waals surface area contributed by atoms with E-state index >= 15 is 0 Å². The van der Waals surface area contributed by atoms with Crippen LogP contribution in [0.4, 0.5) is 0 Å². The van der Waals surface area contributed by atoms with Crippen molar-refractivity contribution in [3.8, 4) is 11.5 Å². The summed E-state index contributed by atoms with van der Waals surface area (Å²) in [5.74, 6) is 1.56. The van der Waals surface area contributed by atoms with Crippen LogP contribution in [-0.4, -0.2) is 47.5 Å². The van der Waals surface area contributed by atoms with Crippen molar-refractivity contribution in [3.63, 3.8) is 0 Å². The Morgan fingerprint density at radius 2 is 1.95 bits per heavy atom. The number of nitrogens with zero attached hydrogens (tertiary/aromatic N) is 2. The average molecular weight is 304 g/mol. The van der Waals surface area contributed by atoms with Gasteiger partial charge in [-0.15, -0.1) is 0 Å². The van der Waals surface area contributed by atoms with E-state index in [0.29, 0.717) is 12.7 Å². The highest BCUT2D eigenvalue weighted by molar-refractivity contribution is 5.51. The first-order valence-corrected chi connectivity index (χ1v) is 8.30. The van der Waals surface area contributed by atoms with Crippen LogP contribution in [0.3, 0.4) is 0 Å². The molecule has 3 aliphatic heterocycles. The minimum atomic E-state index is -0.458. The van der Waals surface area contributed by atoms with Crippen molar-refractivity contribution in [1.29, 1.82) is 0 Å². The van der Waals surface area contributed by atoms with Crippen LogP contribution in [0.25, 0.3) is 0 Å². The van der Waals surface area contributed by atoms with E-state index < -0.39 is 6.10 Å². The molecular weight excluding hydrogens is 280 g/mol. The third kappa shape index (κ3) is 2.11. The first-order valence-electron chi connectivity index (χ1n) is 8.30. The SMILES string of the molecule is CCN1CCCC1N1CC(O)c2cc3c(cc2C1C)OCO3. The van der Waals surface area contributed by atoms with E-state index in [9.17, 15) is 5.11 Å². The van der Waals surface area contributed by atoms with E-state index in [2.05, 4.69) is 29.7 Å². The molecule has 0 saturated carbocycles. The maximum absolute atomic E-state index is 10.6. The summed E-state index contributed by atoms with van der Waals surface area (Å²) in [4.78, 5) is 4.97. The number of β-amino-alcohol motifs (C(OH)–C–C–N with tert-alkyl or cyclic N) is 1. The fraction of sp³-hybridized carbons (Fsp3) is 0.647. The Morgan fingerprint density at radius 3 is 2.68 bits per heavy atom. The Labute approximate surface area is 131 Å². The zero-order valence-corrected chi connectivity index (χ0v) is 13.3. The first kappa shape index (κ1) is 14.3. The third-order valence-corrected chi connectivity index (χ3v) is 5.39. The zero-order chi connectivity index (χ0) is 15.3. The van der Waals surface area contributed by atoms with Gasteiger partial charge in [-0.25, -0.2) is 0 Å². The predicted octanol–water partition coefficient (Wildman–Crippen LogP) is 2.27. The van der Waals surface area contributed by atoms with Crippen LogP contribution in [-0.2, 0) is 0 Å². The maximum atomic E-state index is 10.6. The quantitative estimate of drug-likeness (QED) is 0.908. The van der Waals surface area contributed by atoms with Gasteiger partial charge in [-0.2, -0.15) is 0 Å². The number of rotatable bonds is 2. The molecule has 0 bridgehead atoms. The Bertz CT molecular complexity index is 577. The Balaban J connectivity index is 1.69. The van der Waals surface area contributed by atoms with Crippen LogP contribution >= 0.6 is 0 Å². The number of likely N-dealkylation sites (tertiary alicyclic amines) is 1. The molecule has 5 nitrogen and oxygen atoms in total. The first-order chi connectivity index (χ1) is 10.7. The van der Waals surface area contributed by atoms with E-state index in [-0.39, 0.29) is 12.8 Å². The molecule has 4 rings (SSSR count). The smallest absolute Gasteiger partial charge is 0.231 e. The average Bonchev–Trinajstić information content (AvgIpc) is 3.17. The van der Waals surface area contributed by atoms with Gasteiger partial charge in [0.2, 0.25) is 6.79 Å². The molecule has 120 valence electrons. The Kier molecular flexibility index (Phi) is 3.51. The number of benzene rings is 1. The molecule has 3 heterocycles. The van der Waals surface area contributed by atoms with Gasteiger partial charge < -0.3 is 14.6 Å². The monoisotopic (exact) mass is 304 g/mol. The molecule has 0 amide bonds. The van der Waals surface area contributed by atoms with E-state index in [0.717, 1.165) is 30.2 Å². The van der Waals surface area contributed by atoms with Crippen molar-refractivity contribution in [1.82, 2.24) is 9.80 Å². The summed E-state index contributed by atoms with van der Waals surface area (Å²) in [6, 6.07) is 4.30. The van der Waals surface area contributed by atoms with Crippen LogP contribution in [0.2, 0.25) is 0 Å². The molecule has 0 radical (unpaired) electrons. The standard InChI is InChI=1S/C17H24N2O3/c1-3-18-6-4-5-17(18)19-9-14(20)13-8-16-15(21-10-22-16)7-12(13)11(19)2/h7-8,11,14,17,20H,3-6,9-10H2,1-2H3. The highest BCUT2D eigenvalue weighted by Crippen LogP contribution is 2.44. The van der Waals surface area contributed by atoms with Gasteiger partial charge >= 0.3 is 0 Å². The van der Waals surface area contributed by atoms with Crippen molar-refractivity contribution in [2.24, 2.45) is 0 Å². The molecule has 0 aromatic heterocycles.